The van der Waals surface area contributed by atoms with Gasteiger partial charge in [-0.05, 0) is 37.3 Å². The molecule has 4 rings (SSSR count). The summed E-state index contributed by atoms with van der Waals surface area (Å²) in [5, 5.41) is 10.3. The van der Waals surface area contributed by atoms with Crippen molar-refractivity contribution >= 4 is 55.5 Å². The van der Waals surface area contributed by atoms with Gasteiger partial charge < -0.3 is 0 Å². The Labute approximate surface area is 204 Å². The van der Waals surface area contributed by atoms with Crippen molar-refractivity contribution in [2.75, 3.05) is 10.0 Å². The van der Waals surface area contributed by atoms with E-state index in [0.29, 0.717) is 22.5 Å². The monoisotopic (exact) mass is 512 g/mol. The average Bonchev–Trinajstić information content (AvgIpc) is 3.30. The minimum Gasteiger partial charge on any atom is -0.296 e. The third-order valence-electron chi connectivity index (χ3n) is 4.68. The van der Waals surface area contributed by atoms with Crippen LogP contribution in [0, 0.1) is 6.92 Å². The van der Waals surface area contributed by atoms with Crippen LogP contribution in [0.1, 0.15) is 31.8 Å². The fourth-order valence-corrected chi connectivity index (χ4v) is 5.12. The smallest absolute Gasteiger partial charge is 0.291 e. The summed E-state index contributed by atoms with van der Waals surface area (Å²) in [7, 11) is -4.20. The largest absolute Gasteiger partial charge is 0.296 e. The Balaban J connectivity index is 1.56. The van der Waals surface area contributed by atoms with Crippen LogP contribution in [0.5, 0.6) is 0 Å². The van der Waals surface area contributed by atoms with Crippen LogP contribution >= 0.6 is 22.9 Å². The molecule has 1 aromatic heterocycles. The first kappa shape index (κ1) is 23.6. The number of rotatable bonds is 7. The topological polar surface area (TPSA) is 118 Å². The highest BCUT2D eigenvalue weighted by Gasteiger charge is 2.24. The average molecular weight is 513 g/mol. The lowest BCUT2D eigenvalue weighted by Crippen LogP contribution is -2.16. The Kier molecular flexibility index (Phi) is 6.73. The van der Waals surface area contributed by atoms with Crippen LogP contribution in [0.15, 0.2) is 77.1 Å². The first-order valence-electron chi connectivity index (χ1n) is 9.86. The predicted molar refractivity (Wildman–Crippen MR) is 131 cm³/mol. The third-order valence-corrected chi connectivity index (χ3v) is 7.48. The van der Waals surface area contributed by atoms with E-state index in [1.54, 1.807) is 54.6 Å². The summed E-state index contributed by atoms with van der Waals surface area (Å²) in [4.78, 5) is 25.3. The summed E-state index contributed by atoms with van der Waals surface area (Å²) in [5.74, 6) is -0.842. The number of ketones is 1. The minimum absolute atomic E-state index is 0.0163. The molecule has 34 heavy (non-hydrogen) atoms. The van der Waals surface area contributed by atoms with E-state index < -0.39 is 21.7 Å². The molecule has 0 aliphatic carbocycles. The second-order valence-electron chi connectivity index (χ2n) is 7.18. The van der Waals surface area contributed by atoms with Gasteiger partial charge in [-0.3, -0.25) is 19.6 Å². The van der Waals surface area contributed by atoms with Crippen molar-refractivity contribution < 1.29 is 18.0 Å². The molecule has 0 aliphatic heterocycles. The van der Waals surface area contributed by atoms with E-state index in [9.17, 15) is 18.0 Å². The molecule has 0 aliphatic rings. The Hall–Kier alpha value is -3.60. The number of hydrogen-bond donors (Lipinski definition) is 2. The van der Waals surface area contributed by atoms with E-state index in [-0.39, 0.29) is 25.7 Å². The van der Waals surface area contributed by atoms with E-state index in [2.05, 4.69) is 20.2 Å². The van der Waals surface area contributed by atoms with E-state index in [0.717, 1.165) is 5.56 Å². The maximum absolute atomic E-state index is 13.0. The Morgan fingerprint density at radius 2 is 1.62 bits per heavy atom. The maximum atomic E-state index is 13.0. The van der Waals surface area contributed by atoms with Gasteiger partial charge in [-0.15, -0.1) is 10.2 Å². The van der Waals surface area contributed by atoms with Crippen molar-refractivity contribution in [1.29, 1.82) is 0 Å². The molecule has 1 heterocycles. The van der Waals surface area contributed by atoms with Crippen LogP contribution in [0.25, 0.3) is 0 Å². The van der Waals surface area contributed by atoms with E-state index in [1.807, 2.05) is 6.92 Å². The van der Waals surface area contributed by atoms with Gasteiger partial charge in [0.25, 0.3) is 20.3 Å². The van der Waals surface area contributed by atoms with Crippen molar-refractivity contribution in [3.05, 3.63) is 100 Å². The Bertz CT molecular complexity index is 1470. The molecule has 0 radical (unpaired) electrons. The number of aryl methyl sites for hydroxylation is 1. The van der Waals surface area contributed by atoms with Crippen molar-refractivity contribution in [1.82, 2.24) is 10.2 Å². The molecule has 0 atom stereocenters. The van der Waals surface area contributed by atoms with Crippen molar-refractivity contribution in [3.8, 4) is 0 Å². The number of benzene rings is 3. The van der Waals surface area contributed by atoms with Gasteiger partial charge in [-0.1, -0.05) is 71.0 Å². The molecule has 172 valence electrons. The standard InChI is InChI=1S/C23H17ClN4O4S2/c1-14-7-9-16(10-8-14)21(30)25-22-26-27-23(33-22)34(31,32)28-19-12-11-17(24)13-18(19)20(29)15-5-3-2-4-6-15/h2-13,28H,1H3,(H,25,26,30). The van der Waals surface area contributed by atoms with Crippen LogP contribution in [-0.2, 0) is 10.0 Å². The van der Waals surface area contributed by atoms with Gasteiger partial charge >= 0.3 is 0 Å². The number of anilines is 2. The molecule has 2 N–H and O–H groups in total. The van der Waals surface area contributed by atoms with Crippen molar-refractivity contribution in [2.45, 2.75) is 11.3 Å². The zero-order valence-electron chi connectivity index (χ0n) is 17.7. The third kappa shape index (κ3) is 5.30. The predicted octanol–water partition coefficient (Wildman–Crippen LogP) is 4.78. The van der Waals surface area contributed by atoms with Crippen LogP contribution in [0.3, 0.4) is 0 Å². The Morgan fingerprint density at radius 3 is 2.32 bits per heavy atom. The van der Waals surface area contributed by atoms with Gasteiger partial charge in [0.2, 0.25) is 5.13 Å². The molecule has 8 nitrogen and oxygen atoms in total. The van der Waals surface area contributed by atoms with E-state index in [4.69, 9.17) is 11.6 Å². The fraction of sp³-hybridized carbons (Fsp3) is 0.0435. The molecule has 0 bridgehead atoms. The van der Waals surface area contributed by atoms with Gasteiger partial charge in [-0.25, -0.2) is 0 Å². The van der Waals surface area contributed by atoms with Crippen LogP contribution < -0.4 is 10.0 Å². The molecule has 0 unspecified atom stereocenters. The summed E-state index contributed by atoms with van der Waals surface area (Å²) < 4.78 is 27.9. The number of amides is 1. The summed E-state index contributed by atoms with van der Waals surface area (Å²) in [6.07, 6.45) is 0. The van der Waals surface area contributed by atoms with Crippen molar-refractivity contribution in [2.24, 2.45) is 0 Å². The lowest BCUT2D eigenvalue weighted by atomic mass is 10.0. The molecular formula is C23H17ClN4O4S2. The number of carbonyl (C=O) groups excluding carboxylic acids is 2. The molecule has 0 spiro atoms. The number of halogens is 1. The second-order valence-corrected chi connectivity index (χ2v) is 10.5. The molecule has 3 aromatic carbocycles. The second kappa shape index (κ2) is 9.72. The SMILES string of the molecule is Cc1ccc(C(=O)Nc2nnc(S(=O)(=O)Nc3ccc(Cl)cc3C(=O)c3ccccc3)s2)cc1. The number of nitrogens with one attached hydrogen (secondary N) is 2. The van der Waals surface area contributed by atoms with Gasteiger partial charge in [0, 0.05) is 21.7 Å². The van der Waals surface area contributed by atoms with Gasteiger partial charge in [0.05, 0.1) is 5.69 Å². The molecule has 11 heteroatoms. The fourth-order valence-electron chi connectivity index (χ4n) is 2.97. The number of sulfonamides is 1. The number of nitrogens with zero attached hydrogens (tertiary/aromatic N) is 2. The van der Waals surface area contributed by atoms with Gasteiger partial charge in [0.1, 0.15) is 0 Å². The van der Waals surface area contributed by atoms with E-state index in [1.165, 1.54) is 18.2 Å². The first-order valence-corrected chi connectivity index (χ1v) is 12.5. The first-order chi connectivity index (χ1) is 16.2. The highest BCUT2D eigenvalue weighted by atomic mass is 35.5. The summed E-state index contributed by atoms with van der Waals surface area (Å²) in [5.41, 5.74) is 1.90. The molecule has 0 saturated carbocycles. The number of hydrogen-bond acceptors (Lipinski definition) is 7. The lowest BCUT2D eigenvalue weighted by Gasteiger charge is -2.11. The van der Waals surface area contributed by atoms with Crippen LogP contribution in [-0.4, -0.2) is 30.3 Å². The molecule has 4 aromatic rings. The summed E-state index contributed by atoms with van der Waals surface area (Å²) in [6, 6.07) is 19.5. The lowest BCUT2D eigenvalue weighted by molar-refractivity contribution is 0.102. The highest BCUT2D eigenvalue weighted by molar-refractivity contribution is 7.94. The molecule has 1 amide bonds. The summed E-state index contributed by atoms with van der Waals surface area (Å²) in [6.45, 7) is 1.90. The van der Waals surface area contributed by atoms with Crippen LogP contribution in [0.4, 0.5) is 10.8 Å². The zero-order valence-corrected chi connectivity index (χ0v) is 20.0. The Morgan fingerprint density at radius 1 is 0.912 bits per heavy atom. The quantitative estimate of drug-likeness (QED) is 0.271. The van der Waals surface area contributed by atoms with Crippen molar-refractivity contribution in [3.63, 3.8) is 0 Å². The van der Waals surface area contributed by atoms with Crippen LogP contribution in [0.2, 0.25) is 5.02 Å². The normalized spacial score (nSPS) is 11.1. The van der Waals surface area contributed by atoms with Gasteiger partial charge in [-0.2, -0.15) is 8.42 Å². The summed E-state index contributed by atoms with van der Waals surface area (Å²) >= 11 is 6.74. The minimum atomic E-state index is -4.20. The molecule has 0 saturated heterocycles. The van der Waals surface area contributed by atoms with Gasteiger partial charge in [0.15, 0.2) is 5.78 Å². The molecular weight excluding hydrogens is 496 g/mol. The maximum Gasteiger partial charge on any atom is 0.291 e. The zero-order chi connectivity index (χ0) is 24.3. The number of aromatic nitrogens is 2. The highest BCUT2D eigenvalue weighted by Crippen LogP contribution is 2.28. The van der Waals surface area contributed by atoms with E-state index >= 15 is 0 Å². The molecule has 0 fully saturated rings. The number of carbonyl (C=O) groups is 2.